The van der Waals surface area contributed by atoms with Gasteiger partial charge in [-0.1, -0.05) is 0 Å². The summed E-state index contributed by atoms with van der Waals surface area (Å²) >= 11 is 0. The highest BCUT2D eigenvalue weighted by atomic mass is 19.2. The molecule has 2 aromatic rings. The van der Waals surface area contributed by atoms with Crippen LogP contribution in [0.5, 0.6) is 0 Å². The van der Waals surface area contributed by atoms with Crippen LogP contribution in [0.2, 0.25) is 0 Å². The zero-order valence-electron chi connectivity index (χ0n) is 8.62. The SMILES string of the molecule is Cc1cc(F)c(F)c(C(=O)n2cncn2)c1F. The van der Waals surface area contributed by atoms with Gasteiger partial charge in [-0.15, -0.1) is 0 Å². The molecule has 0 spiro atoms. The van der Waals surface area contributed by atoms with Crippen molar-refractivity contribution in [2.24, 2.45) is 0 Å². The molecule has 7 heteroatoms. The van der Waals surface area contributed by atoms with Gasteiger partial charge in [-0.2, -0.15) is 9.78 Å². The van der Waals surface area contributed by atoms with E-state index in [1.54, 1.807) is 0 Å². The van der Waals surface area contributed by atoms with Gasteiger partial charge in [0.1, 0.15) is 24.0 Å². The first-order valence-corrected chi connectivity index (χ1v) is 4.55. The third kappa shape index (κ3) is 1.79. The summed E-state index contributed by atoms with van der Waals surface area (Å²) in [6.45, 7) is 1.23. The lowest BCUT2D eigenvalue weighted by atomic mass is 10.1. The van der Waals surface area contributed by atoms with Crippen molar-refractivity contribution in [1.29, 1.82) is 0 Å². The molecule has 0 saturated carbocycles. The molecule has 0 aliphatic rings. The smallest absolute Gasteiger partial charge is 0.266 e. The maximum absolute atomic E-state index is 13.6. The molecule has 0 bridgehead atoms. The molecule has 0 atom stereocenters. The summed E-state index contributed by atoms with van der Waals surface area (Å²) < 4.78 is 40.7. The summed E-state index contributed by atoms with van der Waals surface area (Å²) in [6.07, 6.45) is 2.00. The van der Waals surface area contributed by atoms with Crippen molar-refractivity contribution in [2.75, 3.05) is 0 Å². The van der Waals surface area contributed by atoms with Gasteiger partial charge in [0.25, 0.3) is 5.91 Å². The van der Waals surface area contributed by atoms with Gasteiger partial charge in [-0.25, -0.2) is 18.2 Å². The Bertz CT molecular complexity index is 555. The number of carbonyl (C=O) groups excluding carboxylic acids is 1. The molecule has 0 aliphatic carbocycles. The lowest BCUT2D eigenvalue weighted by Gasteiger charge is -2.06. The highest BCUT2D eigenvalue weighted by Gasteiger charge is 2.24. The first-order valence-electron chi connectivity index (χ1n) is 4.55. The average Bonchev–Trinajstić information content (AvgIpc) is 2.80. The number of hydrogen-bond donors (Lipinski definition) is 0. The second-order valence-corrected chi connectivity index (χ2v) is 3.32. The molecule has 0 aliphatic heterocycles. The van der Waals surface area contributed by atoms with E-state index in [0.29, 0.717) is 10.7 Å². The number of aromatic nitrogens is 3. The van der Waals surface area contributed by atoms with Crippen LogP contribution in [-0.4, -0.2) is 20.7 Å². The summed E-state index contributed by atoms with van der Waals surface area (Å²) in [5.74, 6) is -5.04. The van der Waals surface area contributed by atoms with E-state index in [1.807, 2.05) is 0 Å². The summed E-state index contributed by atoms with van der Waals surface area (Å²) in [4.78, 5) is 15.1. The number of rotatable bonds is 1. The summed E-state index contributed by atoms with van der Waals surface area (Å²) in [7, 11) is 0. The summed E-state index contributed by atoms with van der Waals surface area (Å²) in [6, 6.07) is 0.683. The van der Waals surface area contributed by atoms with Gasteiger partial charge in [0.05, 0.1) is 0 Å². The Morgan fingerprint density at radius 3 is 2.59 bits per heavy atom. The van der Waals surface area contributed by atoms with Gasteiger partial charge in [-0.3, -0.25) is 4.79 Å². The highest BCUT2D eigenvalue weighted by molar-refractivity contribution is 5.95. The maximum atomic E-state index is 13.6. The molecular formula is C10H6F3N3O. The Morgan fingerprint density at radius 1 is 1.29 bits per heavy atom. The second kappa shape index (κ2) is 4.00. The number of aryl methyl sites for hydroxylation is 1. The van der Waals surface area contributed by atoms with Gasteiger partial charge in [0.2, 0.25) is 0 Å². The Balaban J connectivity index is 2.63. The monoisotopic (exact) mass is 241 g/mol. The van der Waals surface area contributed by atoms with Crippen molar-refractivity contribution in [2.45, 2.75) is 6.92 Å². The van der Waals surface area contributed by atoms with Crippen LogP contribution in [0.15, 0.2) is 18.7 Å². The van der Waals surface area contributed by atoms with Crippen molar-refractivity contribution in [3.63, 3.8) is 0 Å². The Hall–Kier alpha value is -2.18. The molecule has 0 unspecified atom stereocenters. The fourth-order valence-corrected chi connectivity index (χ4v) is 1.35. The second-order valence-electron chi connectivity index (χ2n) is 3.32. The fourth-order valence-electron chi connectivity index (χ4n) is 1.35. The van der Waals surface area contributed by atoms with E-state index in [2.05, 4.69) is 10.1 Å². The molecule has 0 amide bonds. The normalized spacial score (nSPS) is 10.6. The molecule has 0 saturated heterocycles. The molecule has 0 N–H and O–H groups in total. The molecule has 1 heterocycles. The highest BCUT2D eigenvalue weighted by Crippen LogP contribution is 2.20. The van der Waals surface area contributed by atoms with E-state index in [1.165, 1.54) is 6.92 Å². The van der Waals surface area contributed by atoms with Crippen molar-refractivity contribution >= 4 is 5.91 Å². The number of hydrogen-bond acceptors (Lipinski definition) is 3. The zero-order chi connectivity index (χ0) is 12.6. The minimum Gasteiger partial charge on any atom is -0.266 e. The van der Waals surface area contributed by atoms with Crippen LogP contribution < -0.4 is 0 Å². The summed E-state index contributed by atoms with van der Waals surface area (Å²) in [5, 5.41) is 3.43. The maximum Gasteiger partial charge on any atom is 0.285 e. The van der Waals surface area contributed by atoms with E-state index < -0.39 is 28.9 Å². The zero-order valence-corrected chi connectivity index (χ0v) is 8.62. The number of carbonyl (C=O) groups is 1. The lowest BCUT2D eigenvalue weighted by Crippen LogP contribution is -2.18. The van der Waals surface area contributed by atoms with E-state index in [0.717, 1.165) is 12.7 Å². The fraction of sp³-hybridized carbons (Fsp3) is 0.100. The van der Waals surface area contributed by atoms with Crippen LogP contribution in [0, 0.1) is 24.4 Å². The lowest BCUT2D eigenvalue weighted by molar-refractivity contribution is 0.0934. The number of halogens is 3. The van der Waals surface area contributed by atoms with E-state index in [-0.39, 0.29) is 5.56 Å². The Labute approximate surface area is 93.7 Å². The molecule has 88 valence electrons. The van der Waals surface area contributed by atoms with Gasteiger partial charge >= 0.3 is 0 Å². The van der Waals surface area contributed by atoms with Gasteiger partial charge in [-0.05, 0) is 18.6 Å². The molecule has 4 nitrogen and oxygen atoms in total. The standard InChI is InChI=1S/C10H6F3N3O/c1-5-2-6(11)9(13)7(8(5)12)10(17)16-4-14-3-15-16/h2-4H,1H3. The number of benzene rings is 1. The van der Waals surface area contributed by atoms with Crippen LogP contribution >= 0.6 is 0 Å². The van der Waals surface area contributed by atoms with E-state index in [4.69, 9.17) is 0 Å². The van der Waals surface area contributed by atoms with Crippen LogP contribution in [0.3, 0.4) is 0 Å². The topological polar surface area (TPSA) is 47.8 Å². The Morgan fingerprint density at radius 2 is 2.00 bits per heavy atom. The molecule has 17 heavy (non-hydrogen) atoms. The summed E-state index contributed by atoms with van der Waals surface area (Å²) in [5.41, 5.74) is -1.14. The predicted octanol–water partition coefficient (Wildman–Crippen LogP) is 1.69. The molecule has 1 aromatic carbocycles. The van der Waals surface area contributed by atoms with Crippen LogP contribution in [0.4, 0.5) is 13.2 Å². The molecule has 1 aromatic heterocycles. The third-order valence-electron chi connectivity index (χ3n) is 2.18. The van der Waals surface area contributed by atoms with Gasteiger partial charge in [0, 0.05) is 0 Å². The van der Waals surface area contributed by atoms with Gasteiger partial charge in [0.15, 0.2) is 11.6 Å². The Kier molecular flexibility index (Phi) is 2.66. The van der Waals surface area contributed by atoms with Crippen molar-refractivity contribution in [1.82, 2.24) is 14.8 Å². The van der Waals surface area contributed by atoms with Crippen LogP contribution in [0.1, 0.15) is 15.9 Å². The molecule has 0 radical (unpaired) electrons. The quantitative estimate of drug-likeness (QED) is 0.714. The minimum absolute atomic E-state index is 0.160. The minimum atomic E-state index is -1.53. The number of nitrogens with zero attached hydrogens (tertiary/aromatic N) is 3. The largest absolute Gasteiger partial charge is 0.285 e. The van der Waals surface area contributed by atoms with Crippen molar-refractivity contribution in [3.05, 3.63) is 47.3 Å². The van der Waals surface area contributed by atoms with Crippen molar-refractivity contribution in [3.8, 4) is 0 Å². The van der Waals surface area contributed by atoms with E-state index in [9.17, 15) is 18.0 Å². The molecule has 0 fully saturated rings. The third-order valence-corrected chi connectivity index (χ3v) is 2.18. The van der Waals surface area contributed by atoms with Gasteiger partial charge < -0.3 is 0 Å². The van der Waals surface area contributed by atoms with E-state index >= 15 is 0 Å². The van der Waals surface area contributed by atoms with Crippen LogP contribution in [-0.2, 0) is 0 Å². The first-order chi connectivity index (χ1) is 8.02. The molecule has 2 rings (SSSR count). The first kappa shape index (κ1) is 11.3. The molecular weight excluding hydrogens is 235 g/mol. The van der Waals surface area contributed by atoms with Crippen LogP contribution in [0.25, 0.3) is 0 Å². The predicted molar refractivity (Wildman–Crippen MR) is 50.8 cm³/mol. The average molecular weight is 241 g/mol. The van der Waals surface area contributed by atoms with Crippen molar-refractivity contribution < 1.29 is 18.0 Å².